The van der Waals surface area contributed by atoms with Crippen LogP contribution in [-0.4, -0.2) is 54.2 Å². The number of likely N-dealkylation sites (tertiary alicyclic amines) is 1. The van der Waals surface area contributed by atoms with Gasteiger partial charge in [-0.05, 0) is 74.4 Å². The van der Waals surface area contributed by atoms with E-state index in [-0.39, 0.29) is 23.3 Å². The number of hydrogen-bond acceptors (Lipinski definition) is 6. The predicted molar refractivity (Wildman–Crippen MR) is 144 cm³/mol. The highest BCUT2D eigenvalue weighted by molar-refractivity contribution is 5.93. The van der Waals surface area contributed by atoms with Gasteiger partial charge in [-0.25, -0.2) is 0 Å². The molecule has 1 amide bonds. The number of carbonyl (C=O) groups excluding carboxylic acids is 1. The van der Waals surface area contributed by atoms with Crippen molar-refractivity contribution in [2.75, 3.05) is 33.4 Å². The second kappa shape index (κ2) is 10.0. The maximum Gasteiger partial charge on any atom is 0.252 e. The monoisotopic (exact) mass is 513 g/mol. The molecule has 8 nitrogen and oxygen atoms in total. The number of nitrogens with zero attached hydrogens (tertiary/aromatic N) is 3. The van der Waals surface area contributed by atoms with E-state index < -0.39 is 0 Å². The molecule has 6 rings (SSSR count). The maximum atomic E-state index is 12.7. The molecule has 2 saturated heterocycles. The molecule has 0 bridgehead atoms. The zero-order valence-corrected chi connectivity index (χ0v) is 22.1. The lowest BCUT2D eigenvalue weighted by Crippen LogP contribution is -2.48. The van der Waals surface area contributed by atoms with E-state index in [0.29, 0.717) is 31.2 Å². The first-order chi connectivity index (χ1) is 18.5. The number of pyridine rings is 1. The van der Waals surface area contributed by atoms with Crippen LogP contribution in [0.4, 0.5) is 0 Å². The fraction of sp³-hybridized carbons (Fsp3) is 0.500. The minimum absolute atomic E-state index is 0.0944. The Balaban J connectivity index is 1.26. The molecule has 0 unspecified atom stereocenters. The summed E-state index contributed by atoms with van der Waals surface area (Å²) in [6.07, 6.45) is 7.68. The summed E-state index contributed by atoms with van der Waals surface area (Å²) in [4.78, 5) is 23.4. The van der Waals surface area contributed by atoms with Crippen molar-refractivity contribution in [1.82, 2.24) is 20.2 Å². The van der Waals surface area contributed by atoms with E-state index in [1.54, 1.807) is 13.3 Å². The average Bonchev–Trinajstić information content (AvgIpc) is 3.39. The summed E-state index contributed by atoms with van der Waals surface area (Å²) in [6.45, 7) is 5.83. The number of nitriles is 1. The van der Waals surface area contributed by atoms with Gasteiger partial charge >= 0.3 is 0 Å². The highest BCUT2D eigenvalue weighted by Crippen LogP contribution is 2.56. The molecular weight excluding hydrogens is 478 g/mol. The molecule has 8 heteroatoms. The van der Waals surface area contributed by atoms with Crippen LogP contribution in [0.25, 0.3) is 10.9 Å². The van der Waals surface area contributed by atoms with E-state index in [1.807, 2.05) is 18.3 Å². The second-order valence-electron chi connectivity index (χ2n) is 11.4. The average molecular weight is 514 g/mol. The largest absolute Gasteiger partial charge is 0.496 e. The minimum Gasteiger partial charge on any atom is -0.496 e. The summed E-state index contributed by atoms with van der Waals surface area (Å²) in [5, 5.41) is 13.6. The second-order valence-corrected chi connectivity index (χ2v) is 11.4. The number of piperidine rings is 1. The Morgan fingerprint density at radius 1 is 1.32 bits per heavy atom. The summed E-state index contributed by atoms with van der Waals surface area (Å²) in [5.41, 5.74) is 5.24. The molecule has 3 aliphatic rings. The molecule has 2 aromatic heterocycles. The number of amides is 1. The van der Waals surface area contributed by atoms with E-state index in [2.05, 4.69) is 40.3 Å². The third-order valence-electron chi connectivity index (χ3n) is 8.88. The first kappa shape index (κ1) is 24.9. The Hall–Kier alpha value is -3.41. The Morgan fingerprint density at radius 3 is 2.84 bits per heavy atom. The molecule has 1 aliphatic carbocycles. The SMILES string of the molecule is COc1cc(C)c2[nH]ccc2c1CN1CCC2(CC(C#N)C2)C[C@H]1c1ccc(C(=O)NCC2COC2)cn1. The highest BCUT2D eigenvalue weighted by atomic mass is 16.5. The van der Waals surface area contributed by atoms with Crippen molar-refractivity contribution < 1.29 is 14.3 Å². The number of benzene rings is 1. The van der Waals surface area contributed by atoms with Gasteiger partial charge in [0.25, 0.3) is 5.91 Å². The number of carbonyl (C=O) groups is 1. The Morgan fingerprint density at radius 2 is 2.16 bits per heavy atom. The molecule has 198 valence electrons. The van der Waals surface area contributed by atoms with Crippen molar-refractivity contribution in [3.05, 3.63) is 59.0 Å². The Labute approximate surface area is 223 Å². The third-order valence-corrected chi connectivity index (χ3v) is 8.88. The molecule has 3 fully saturated rings. The van der Waals surface area contributed by atoms with Gasteiger partial charge in [0.1, 0.15) is 5.75 Å². The number of aromatic amines is 1. The van der Waals surface area contributed by atoms with E-state index in [0.717, 1.165) is 61.3 Å². The van der Waals surface area contributed by atoms with Crippen LogP contribution in [0.3, 0.4) is 0 Å². The van der Waals surface area contributed by atoms with Gasteiger partial charge in [-0.3, -0.25) is 14.7 Å². The third kappa shape index (κ3) is 4.55. The topological polar surface area (TPSA) is 103 Å². The summed E-state index contributed by atoms with van der Waals surface area (Å²) >= 11 is 0. The minimum atomic E-state index is -0.0944. The zero-order valence-electron chi connectivity index (χ0n) is 22.1. The number of aryl methyl sites for hydroxylation is 1. The van der Waals surface area contributed by atoms with E-state index in [9.17, 15) is 10.1 Å². The van der Waals surface area contributed by atoms with Gasteiger partial charge in [0.05, 0.1) is 43.7 Å². The van der Waals surface area contributed by atoms with Gasteiger partial charge in [0, 0.05) is 53.8 Å². The lowest BCUT2D eigenvalue weighted by atomic mass is 9.56. The molecular formula is C30H35N5O3. The van der Waals surface area contributed by atoms with Gasteiger partial charge in [0.15, 0.2) is 0 Å². The quantitative estimate of drug-likeness (QED) is 0.482. The van der Waals surface area contributed by atoms with Crippen LogP contribution in [-0.2, 0) is 11.3 Å². The number of fused-ring (bicyclic) bond motifs is 1. The first-order valence-electron chi connectivity index (χ1n) is 13.6. The van der Waals surface area contributed by atoms with Crippen molar-refractivity contribution in [2.24, 2.45) is 17.3 Å². The normalized spacial score (nSPS) is 25.5. The lowest BCUT2D eigenvalue weighted by Gasteiger charge is -2.53. The zero-order chi connectivity index (χ0) is 26.3. The summed E-state index contributed by atoms with van der Waals surface area (Å²) in [6, 6.07) is 10.7. The molecule has 4 heterocycles. The van der Waals surface area contributed by atoms with Gasteiger partial charge in [0.2, 0.25) is 0 Å². The Kier molecular flexibility index (Phi) is 6.58. The van der Waals surface area contributed by atoms with Gasteiger partial charge in [-0.2, -0.15) is 5.26 Å². The van der Waals surface area contributed by atoms with Gasteiger partial charge in [-0.1, -0.05) is 0 Å². The van der Waals surface area contributed by atoms with Crippen molar-refractivity contribution in [2.45, 2.75) is 45.2 Å². The van der Waals surface area contributed by atoms with E-state index in [1.165, 1.54) is 10.9 Å². The van der Waals surface area contributed by atoms with Crippen LogP contribution < -0.4 is 10.1 Å². The highest BCUT2D eigenvalue weighted by Gasteiger charge is 2.49. The van der Waals surface area contributed by atoms with Crippen LogP contribution in [0.1, 0.15) is 58.9 Å². The molecule has 2 aliphatic heterocycles. The van der Waals surface area contributed by atoms with Crippen molar-refractivity contribution in [3.8, 4) is 11.8 Å². The number of ether oxygens (including phenoxy) is 2. The smallest absolute Gasteiger partial charge is 0.252 e. The van der Waals surface area contributed by atoms with Gasteiger partial charge in [-0.15, -0.1) is 0 Å². The van der Waals surface area contributed by atoms with Crippen LogP contribution in [0, 0.1) is 35.5 Å². The standard InChI is InChI=1S/C30H35N5O3/c1-19-9-27(37-2)24(23-5-7-32-28(19)23)16-35-8-6-30(10-20(11-30)13-31)12-26(35)25-4-3-22(15-33-25)29(36)34-14-21-17-38-18-21/h3-5,7,9,15,20-21,26,32H,6,8,10-12,14,16-18H2,1-2H3,(H,34,36)/t20?,26-,30?/m0/s1. The molecule has 38 heavy (non-hydrogen) atoms. The number of aromatic nitrogens is 2. The van der Waals surface area contributed by atoms with Crippen LogP contribution in [0.2, 0.25) is 0 Å². The lowest BCUT2D eigenvalue weighted by molar-refractivity contribution is -0.0310. The number of methoxy groups -OCH3 is 1. The molecule has 0 radical (unpaired) electrons. The number of H-pyrrole nitrogens is 1. The molecule has 2 N–H and O–H groups in total. The first-order valence-corrected chi connectivity index (χ1v) is 13.6. The fourth-order valence-electron chi connectivity index (χ4n) is 6.57. The summed E-state index contributed by atoms with van der Waals surface area (Å²) in [7, 11) is 1.74. The van der Waals surface area contributed by atoms with Gasteiger partial charge < -0.3 is 19.8 Å². The maximum absolute atomic E-state index is 12.7. The molecule has 1 aromatic carbocycles. The summed E-state index contributed by atoms with van der Waals surface area (Å²) in [5.74, 6) is 1.38. The van der Waals surface area contributed by atoms with Crippen LogP contribution in [0.15, 0.2) is 36.7 Å². The van der Waals surface area contributed by atoms with Crippen LogP contribution >= 0.6 is 0 Å². The Bertz CT molecular complexity index is 1370. The van der Waals surface area contributed by atoms with Crippen molar-refractivity contribution in [1.29, 1.82) is 5.26 Å². The molecule has 1 atom stereocenters. The van der Waals surface area contributed by atoms with Crippen molar-refractivity contribution >= 4 is 16.8 Å². The number of nitrogens with one attached hydrogen (secondary N) is 2. The summed E-state index contributed by atoms with van der Waals surface area (Å²) < 4.78 is 11.0. The molecule has 1 saturated carbocycles. The molecule has 1 spiro atoms. The number of rotatable bonds is 7. The fourth-order valence-corrected chi connectivity index (χ4v) is 6.57. The van der Waals surface area contributed by atoms with E-state index >= 15 is 0 Å². The van der Waals surface area contributed by atoms with Crippen molar-refractivity contribution in [3.63, 3.8) is 0 Å². The number of hydrogen-bond donors (Lipinski definition) is 2. The molecule has 3 aromatic rings. The van der Waals surface area contributed by atoms with Crippen LogP contribution in [0.5, 0.6) is 5.75 Å². The van der Waals surface area contributed by atoms with E-state index in [4.69, 9.17) is 14.5 Å². The predicted octanol–water partition coefficient (Wildman–Crippen LogP) is 4.51.